The van der Waals surface area contributed by atoms with Gasteiger partial charge in [-0.1, -0.05) is 0 Å². The van der Waals surface area contributed by atoms with Crippen LogP contribution < -0.4 is 5.32 Å². The first-order valence-corrected chi connectivity index (χ1v) is 12.5. The number of carboxylic acids is 1. The Morgan fingerprint density at radius 3 is 2.56 bits per heavy atom. The Bertz CT molecular complexity index is 915. The Kier molecular flexibility index (Phi) is 8.77. The molecule has 3 amide bonds. The van der Waals surface area contributed by atoms with E-state index < -0.39 is 36.3 Å². The number of thiophene rings is 1. The van der Waals surface area contributed by atoms with Crippen LogP contribution in [0.5, 0.6) is 0 Å². The van der Waals surface area contributed by atoms with Gasteiger partial charge in [-0.05, 0) is 60.2 Å². The maximum absolute atomic E-state index is 13.5. The van der Waals surface area contributed by atoms with Crippen molar-refractivity contribution in [1.29, 1.82) is 0 Å². The van der Waals surface area contributed by atoms with Crippen molar-refractivity contribution in [2.24, 2.45) is 0 Å². The number of carbonyl (C=O) groups is 4. The van der Waals surface area contributed by atoms with Crippen molar-refractivity contribution in [3.63, 3.8) is 0 Å². The van der Waals surface area contributed by atoms with Gasteiger partial charge in [-0.2, -0.15) is 0 Å². The SMILES string of the molecule is COC(=O)NCCCc1cc(C(C)N(C(=O)[C@H]2CN(C(=O)O)C[C@@H](C(=O)O)O2)C2CC2)sc1Br. The van der Waals surface area contributed by atoms with Gasteiger partial charge >= 0.3 is 18.2 Å². The monoisotopic (exact) mass is 561 g/mol. The van der Waals surface area contributed by atoms with Crippen molar-refractivity contribution in [2.75, 3.05) is 26.7 Å². The summed E-state index contributed by atoms with van der Waals surface area (Å²) in [4.78, 5) is 51.2. The number of ether oxygens (including phenoxy) is 2. The van der Waals surface area contributed by atoms with Crippen LogP contribution >= 0.6 is 27.3 Å². The van der Waals surface area contributed by atoms with Gasteiger partial charge in [-0.25, -0.2) is 14.4 Å². The minimum absolute atomic E-state index is 0.00293. The molecule has 1 aliphatic heterocycles. The Labute approximate surface area is 209 Å². The molecule has 2 fully saturated rings. The number of amides is 3. The van der Waals surface area contributed by atoms with E-state index in [1.54, 1.807) is 4.90 Å². The highest BCUT2D eigenvalue weighted by Gasteiger charge is 2.44. The number of methoxy groups -OCH3 is 1. The highest BCUT2D eigenvalue weighted by Crippen LogP contribution is 2.40. The highest BCUT2D eigenvalue weighted by molar-refractivity contribution is 9.11. The van der Waals surface area contributed by atoms with Crippen molar-refractivity contribution < 1.29 is 38.9 Å². The molecule has 0 spiro atoms. The maximum Gasteiger partial charge on any atom is 0.407 e. The number of nitrogens with one attached hydrogen (secondary N) is 1. The third-order valence-corrected chi connectivity index (χ3v) is 7.93. The molecule has 3 atom stereocenters. The van der Waals surface area contributed by atoms with E-state index in [0.717, 1.165) is 32.0 Å². The number of alkyl carbamates (subject to hydrolysis) is 1. The quantitative estimate of drug-likeness (QED) is 0.390. The fourth-order valence-electron chi connectivity index (χ4n) is 3.88. The van der Waals surface area contributed by atoms with Crippen LogP contribution in [0.3, 0.4) is 0 Å². The zero-order valence-electron chi connectivity index (χ0n) is 18.9. The number of halogens is 1. The smallest absolute Gasteiger partial charge is 0.407 e. The summed E-state index contributed by atoms with van der Waals surface area (Å²) in [6.07, 6.45) is -1.26. The molecule has 34 heavy (non-hydrogen) atoms. The van der Waals surface area contributed by atoms with E-state index in [-0.39, 0.29) is 25.2 Å². The number of aryl methyl sites for hydroxylation is 1. The molecule has 1 unspecified atom stereocenters. The van der Waals surface area contributed by atoms with Gasteiger partial charge in [-0.3, -0.25) is 4.79 Å². The van der Waals surface area contributed by atoms with Crippen molar-refractivity contribution >= 4 is 51.3 Å². The number of hydrogen-bond donors (Lipinski definition) is 3. The number of nitrogens with zero attached hydrogens (tertiary/aromatic N) is 2. The fourth-order valence-corrected chi connectivity index (χ4v) is 5.73. The number of aliphatic carboxylic acids is 1. The summed E-state index contributed by atoms with van der Waals surface area (Å²) >= 11 is 5.10. The van der Waals surface area contributed by atoms with E-state index in [9.17, 15) is 29.4 Å². The second-order valence-electron chi connectivity index (χ2n) is 8.26. The molecule has 2 heterocycles. The highest BCUT2D eigenvalue weighted by atomic mass is 79.9. The molecular formula is C21H28BrN3O8S. The largest absolute Gasteiger partial charge is 0.479 e. The summed E-state index contributed by atoms with van der Waals surface area (Å²) in [5, 5.41) is 21.4. The lowest BCUT2D eigenvalue weighted by Gasteiger charge is -2.38. The molecule has 13 heteroatoms. The first kappa shape index (κ1) is 26.2. The average Bonchev–Trinajstić information content (AvgIpc) is 3.57. The lowest BCUT2D eigenvalue weighted by atomic mass is 10.1. The molecule has 2 aliphatic rings. The summed E-state index contributed by atoms with van der Waals surface area (Å²) in [5.41, 5.74) is 1.05. The second-order valence-corrected chi connectivity index (χ2v) is 10.7. The van der Waals surface area contributed by atoms with Crippen molar-refractivity contribution in [2.45, 2.75) is 56.9 Å². The molecule has 188 valence electrons. The zero-order valence-corrected chi connectivity index (χ0v) is 21.3. The van der Waals surface area contributed by atoms with Gasteiger partial charge < -0.3 is 34.8 Å². The first-order valence-electron chi connectivity index (χ1n) is 10.9. The lowest BCUT2D eigenvalue weighted by molar-refractivity contribution is -0.172. The van der Waals surface area contributed by atoms with Crippen LogP contribution in [-0.2, 0) is 25.5 Å². The molecule has 0 aromatic carbocycles. The predicted octanol–water partition coefficient (Wildman–Crippen LogP) is 2.68. The molecule has 1 aromatic heterocycles. The Morgan fingerprint density at radius 2 is 1.97 bits per heavy atom. The van der Waals surface area contributed by atoms with Crippen LogP contribution in [0.2, 0.25) is 0 Å². The molecular weight excluding hydrogens is 534 g/mol. The Balaban J connectivity index is 1.71. The van der Waals surface area contributed by atoms with Crippen LogP contribution in [0.4, 0.5) is 9.59 Å². The van der Waals surface area contributed by atoms with Gasteiger partial charge in [0, 0.05) is 17.5 Å². The van der Waals surface area contributed by atoms with Gasteiger partial charge in [0.25, 0.3) is 5.91 Å². The molecule has 1 aromatic rings. The number of rotatable bonds is 9. The van der Waals surface area contributed by atoms with E-state index in [1.165, 1.54) is 18.4 Å². The van der Waals surface area contributed by atoms with Gasteiger partial charge in [0.2, 0.25) is 0 Å². The molecule has 3 N–H and O–H groups in total. The predicted molar refractivity (Wildman–Crippen MR) is 125 cm³/mol. The molecule has 3 rings (SSSR count). The summed E-state index contributed by atoms with van der Waals surface area (Å²) in [6.45, 7) is 1.85. The van der Waals surface area contributed by atoms with Crippen molar-refractivity contribution in [3.8, 4) is 0 Å². The molecule has 11 nitrogen and oxygen atoms in total. The lowest BCUT2D eigenvalue weighted by Crippen LogP contribution is -2.57. The standard InChI is InChI=1S/C21H28BrN3O8S/c1-11(16-8-12(17(22)34-16)4-3-7-23-20(29)32-2)25(13-5-6-13)18(26)14-9-24(21(30)31)10-15(33-14)19(27)28/h8,11,13-15H,3-7,9-10H2,1-2H3,(H,23,29)(H,27,28)(H,30,31)/t11?,14-,15+/m1/s1. The average molecular weight is 562 g/mol. The first-order chi connectivity index (χ1) is 16.1. The van der Waals surface area contributed by atoms with Crippen LogP contribution in [0.25, 0.3) is 0 Å². The van der Waals surface area contributed by atoms with Crippen LogP contribution in [-0.4, -0.2) is 89.1 Å². The van der Waals surface area contributed by atoms with Crippen LogP contribution in [0.15, 0.2) is 9.85 Å². The summed E-state index contributed by atoms with van der Waals surface area (Å²) in [6, 6.07) is 1.73. The zero-order chi connectivity index (χ0) is 25.0. The van der Waals surface area contributed by atoms with E-state index in [0.29, 0.717) is 19.4 Å². The van der Waals surface area contributed by atoms with Crippen molar-refractivity contribution in [1.82, 2.24) is 15.1 Å². The van der Waals surface area contributed by atoms with E-state index in [1.807, 2.05) is 13.0 Å². The number of morpholine rings is 1. The van der Waals surface area contributed by atoms with Gasteiger partial charge in [0.1, 0.15) is 0 Å². The van der Waals surface area contributed by atoms with E-state index in [4.69, 9.17) is 4.74 Å². The maximum atomic E-state index is 13.5. The molecule has 0 radical (unpaired) electrons. The number of carbonyl (C=O) groups excluding carboxylic acids is 2. The van der Waals surface area contributed by atoms with Crippen LogP contribution in [0.1, 0.15) is 42.7 Å². The van der Waals surface area contributed by atoms with E-state index >= 15 is 0 Å². The molecule has 1 saturated heterocycles. The Morgan fingerprint density at radius 1 is 1.29 bits per heavy atom. The molecule has 1 saturated carbocycles. The second kappa shape index (κ2) is 11.4. The number of hydrogen-bond acceptors (Lipinski definition) is 7. The van der Waals surface area contributed by atoms with Crippen LogP contribution in [0, 0.1) is 0 Å². The minimum Gasteiger partial charge on any atom is -0.479 e. The van der Waals surface area contributed by atoms with Gasteiger partial charge in [0.05, 0.1) is 30.0 Å². The van der Waals surface area contributed by atoms with E-state index in [2.05, 4.69) is 26.0 Å². The topological polar surface area (TPSA) is 146 Å². The number of carboxylic acid groups (broad SMARTS) is 2. The Hall–Kier alpha value is -2.38. The third-order valence-electron chi connectivity index (χ3n) is 5.80. The summed E-state index contributed by atoms with van der Waals surface area (Å²) in [7, 11) is 1.31. The normalized spacial score (nSPS) is 21.0. The third kappa shape index (κ3) is 6.39. The summed E-state index contributed by atoms with van der Waals surface area (Å²) < 4.78 is 11.0. The summed E-state index contributed by atoms with van der Waals surface area (Å²) in [5.74, 6) is -1.70. The molecule has 0 bridgehead atoms. The van der Waals surface area contributed by atoms with Gasteiger partial charge in [0.15, 0.2) is 12.2 Å². The fraction of sp³-hybridized carbons (Fsp3) is 0.619. The minimum atomic E-state index is -1.39. The van der Waals surface area contributed by atoms with Gasteiger partial charge in [-0.15, -0.1) is 11.3 Å². The molecule has 1 aliphatic carbocycles. The van der Waals surface area contributed by atoms with Crippen molar-refractivity contribution in [3.05, 3.63) is 20.3 Å².